The van der Waals surface area contributed by atoms with Gasteiger partial charge in [0, 0.05) is 24.2 Å². The average molecular weight is 445 g/mol. The van der Waals surface area contributed by atoms with Crippen LogP contribution in [-0.2, 0) is 19.8 Å². The second-order valence-electron chi connectivity index (χ2n) is 6.91. The molecule has 1 N–H and O–H groups in total. The molecular weight excluding hydrogens is 429 g/mol. The quantitative estimate of drug-likeness (QED) is 0.468. The minimum Gasteiger partial charge on any atom is -0.348 e. The molecule has 0 spiro atoms. The van der Waals surface area contributed by atoms with Crippen molar-refractivity contribution < 1.29 is 18.0 Å². The molecule has 4 rings (SSSR count). The lowest BCUT2D eigenvalue weighted by Crippen LogP contribution is -2.23. The average Bonchev–Trinajstić information content (AvgIpc) is 3.12. The van der Waals surface area contributed by atoms with Crippen molar-refractivity contribution >= 4 is 28.5 Å². The number of aromatic nitrogens is 3. The number of alkyl halides is 3. The summed E-state index contributed by atoms with van der Waals surface area (Å²) in [6, 6.07) is 13.5. The number of rotatable bonds is 4. The Balaban J connectivity index is 1.76. The molecule has 0 saturated heterocycles. The fraction of sp³-hybridized carbons (Fsp3) is 0.136. The number of carbonyl (C=O) groups excluding carboxylic acids is 1. The van der Waals surface area contributed by atoms with Gasteiger partial charge in [-0.25, -0.2) is 4.98 Å². The van der Waals surface area contributed by atoms with E-state index in [4.69, 9.17) is 11.6 Å². The van der Waals surface area contributed by atoms with Gasteiger partial charge in [-0.2, -0.15) is 18.3 Å². The summed E-state index contributed by atoms with van der Waals surface area (Å²) in [6.45, 7) is 0.231. The zero-order chi connectivity index (χ0) is 22.2. The third-order valence-electron chi connectivity index (χ3n) is 4.82. The van der Waals surface area contributed by atoms with Gasteiger partial charge in [-0.05, 0) is 29.8 Å². The molecule has 0 bridgehead atoms. The van der Waals surface area contributed by atoms with E-state index in [0.717, 1.165) is 11.6 Å². The van der Waals surface area contributed by atoms with Gasteiger partial charge in [0.25, 0.3) is 5.91 Å². The summed E-state index contributed by atoms with van der Waals surface area (Å²) in [7, 11) is 1.62. The van der Waals surface area contributed by atoms with Crippen LogP contribution >= 0.6 is 11.6 Å². The lowest BCUT2D eigenvalue weighted by molar-refractivity contribution is -0.137. The summed E-state index contributed by atoms with van der Waals surface area (Å²) < 4.78 is 42.0. The zero-order valence-electron chi connectivity index (χ0n) is 16.2. The first kappa shape index (κ1) is 20.9. The van der Waals surface area contributed by atoms with Gasteiger partial charge in [-0.3, -0.25) is 9.48 Å². The summed E-state index contributed by atoms with van der Waals surface area (Å²) in [6.07, 6.45) is -3.09. The number of halogens is 4. The SMILES string of the molecule is Cn1ncc2c(C(=O)NCc3ccc(Cl)cc3)cc(-c3ccccc3C(F)(F)F)nc21. The minimum atomic E-state index is -4.56. The van der Waals surface area contributed by atoms with Crippen LogP contribution in [0.1, 0.15) is 21.5 Å². The fourth-order valence-electron chi connectivity index (χ4n) is 3.27. The maximum Gasteiger partial charge on any atom is 0.417 e. The molecule has 0 aliphatic heterocycles. The normalized spacial score (nSPS) is 11.6. The van der Waals surface area contributed by atoms with Gasteiger partial charge in [0.2, 0.25) is 0 Å². The number of fused-ring (bicyclic) bond motifs is 1. The first-order valence-electron chi connectivity index (χ1n) is 9.26. The van der Waals surface area contributed by atoms with Gasteiger partial charge in [0.15, 0.2) is 5.65 Å². The van der Waals surface area contributed by atoms with Crippen molar-refractivity contribution in [3.8, 4) is 11.3 Å². The largest absolute Gasteiger partial charge is 0.417 e. The van der Waals surface area contributed by atoms with E-state index in [2.05, 4.69) is 15.4 Å². The Morgan fingerprint density at radius 2 is 1.84 bits per heavy atom. The Hall–Kier alpha value is -3.39. The molecule has 2 aromatic heterocycles. The molecule has 0 aliphatic carbocycles. The van der Waals surface area contributed by atoms with E-state index < -0.39 is 17.6 Å². The van der Waals surface area contributed by atoms with E-state index in [-0.39, 0.29) is 23.4 Å². The summed E-state index contributed by atoms with van der Waals surface area (Å²) in [5.41, 5.74) is 0.448. The molecule has 158 valence electrons. The third kappa shape index (κ3) is 4.25. The van der Waals surface area contributed by atoms with Crippen LogP contribution in [-0.4, -0.2) is 20.7 Å². The van der Waals surface area contributed by atoms with Crippen LogP contribution in [0.25, 0.3) is 22.3 Å². The number of pyridine rings is 1. The molecule has 2 heterocycles. The minimum absolute atomic E-state index is 0.0423. The van der Waals surface area contributed by atoms with Crippen LogP contribution in [0.15, 0.2) is 60.8 Å². The molecule has 0 fully saturated rings. The van der Waals surface area contributed by atoms with E-state index in [1.807, 2.05) is 0 Å². The first-order chi connectivity index (χ1) is 14.7. The van der Waals surface area contributed by atoms with E-state index >= 15 is 0 Å². The van der Waals surface area contributed by atoms with E-state index in [1.165, 1.54) is 35.1 Å². The van der Waals surface area contributed by atoms with Gasteiger partial charge in [-0.15, -0.1) is 0 Å². The number of nitrogens with one attached hydrogen (secondary N) is 1. The molecule has 5 nitrogen and oxygen atoms in total. The van der Waals surface area contributed by atoms with Crippen LogP contribution in [0.5, 0.6) is 0 Å². The van der Waals surface area contributed by atoms with Crippen molar-refractivity contribution in [3.63, 3.8) is 0 Å². The fourth-order valence-corrected chi connectivity index (χ4v) is 3.40. The van der Waals surface area contributed by atoms with Crippen LogP contribution in [0, 0.1) is 0 Å². The highest BCUT2D eigenvalue weighted by atomic mass is 35.5. The molecule has 1 amide bonds. The first-order valence-corrected chi connectivity index (χ1v) is 9.64. The Morgan fingerprint density at radius 1 is 1.13 bits per heavy atom. The van der Waals surface area contributed by atoms with Gasteiger partial charge < -0.3 is 5.32 Å². The monoisotopic (exact) mass is 444 g/mol. The van der Waals surface area contributed by atoms with Crippen molar-refractivity contribution in [2.24, 2.45) is 7.05 Å². The molecule has 9 heteroatoms. The van der Waals surface area contributed by atoms with E-state index in [1.54, 1.807) is 31.3 Å². The van der Waals surface area contributed by atoms with Crippen molar-refractivity contribution in [1.29, 1.82) is 0 Å². The maximum absolute atomic E-state index is 13.5. The number of benzene rings is 2. The summed E-state index contributed by atoms with van der Waals surface area (Å²) >= 11 is 5.87. The zero-order valence-corrected chi connectivity index (χ0v) is 17.0. The topological polar surface area (TPSA) is 59.8 Å². The Kier molecular flexibility index (Phi) is 5.41. The third-order valence-corrected chi connectivity index (χ3v) is 5.08. The standard InChI is InChI=1S/C22H16ClF3N4O/c1-30-20-17(12-28-30)16(21(31)27-11-13-6-8-14(23)9-7-13)10-19(29-20)15-4-2-3-5-18(15)22(24,25)26/h2-10,12H,11H2,1H3,(H,27,31). The number of hydrogen-bond acceptors (Lipinski definition) is 3. The van der Waals surface area contributed by atoms with Crippen molar-refractivity contribution in [3.05, 3.63) is 82.5 Å². The van der Waals surface area contributed by atoms with E-state index in [0.29, 0.717) is 16.1 Å². The number of amides is 1. The Labute approximate surface area is 180 Å². The van der Waals surface area contributed by atoms with Crippen LogP contribution in [0.3, 0.4) is 0 Å². The number of aryl methyl sites for hydroxylation is 1. The highest BCUT2D eigenvalue weighted by Gasteiger charge is 2.34. The predicted octanol–water partition coefficient (Wildman–Crippen LogP) is 5.24. The van der Waals surface area contributed by atoms with Gasteiger partial charge in [-0.1, -0.05) is 41.9 Å². The van der Waals surface area contributed by atoms with Crippen LogP contribution < -0.4 is 5.32 Å². The van der Waals surface area contributed by atoms with Crippen molar-refractivity contribution in [1.82, 2.24) is 20.1 Å². The molecule has 0 saturated carbocycles. The molecule has 4 aromatic rings. The predicted molar refractivity (Wildman–Crippen MR) is 112 cm³/mol. The van der Waals surface area contributed by atoms with Crippen LogP contribution in [0.2, 0.25) is 5.02 Å². The maximum atomic E-state index is 13.5. The second kappa shape index (κ2) is 8.03. The van der Waals surface area contributed by atoms with E-state index in [9.17, 15) is 18.0 Å². The van der Waals surface area contributed by atoms with Crippen LogP contribution in [0.4, 0.5) is 13.2 Å². The molecule has 2 aromatic carbocycles. The molecular formula is C22H16ClF3N4O. The van der Waals surface area contributed by atoms with Gasteiger partial charge in [0.05, 0.1) is 28.4 Å². The molecule has 0 radical (unpaired) electrons. The highest BCUT2D eigenvalue weighted by molar-refractivity contribution is 6.30. The molecule has 31 heavy (non-hydrogen) atoms. The lowest BCUT2D eigenvalue weighted by atomic mass is 10.0. The summed E-state index contributed by atoms with van der Waals surface area (Å²) in [5, 5.41) is 7.93. The molecule has 0 atom stereocenters. The van der Waals surface area contributed by atoms with Crippen molar-refractivity contribution in [2.75, 3.05) is 0 Å². The van der Waals surface area contributed by atoms with Crippen molar-refractivity contribution in [2.45, 2.75) is 12.7 Å². The smallest absolute Gasteiger partial charge is 0.348 e. The number of carbonyl (C=O) groups is 1. The highest BCUT2D eigenvalue weighted by Crippen LogP contribution is 2.37. The Morgan fingerprint density at radius 3 is 2.55 bits per heavy atom. The number of hydrogen-bond donors (Lipinski definition) is 1. The summed E-state index contributed by atoms with van der Waals surface area (Å²) in [5.74, 6) is -0.443. The van der Waals surface area contributed by atoms with Gasteiger partial charge in [0.1, 0.15) is 0 Å². The number of nitrogens with zero attached hydrogens (tertiary/aromatic N) is 3. The Bertz CT molecular complexity index is 1270. The summed E-state index contributed by atoms with van der Waals surface area (Å²) in [4.78, 5) is 17.3. The molecule has 0 unspecified atom stereocenters. The lowest BCUT2D eigenvalue weighted by Gasteiger charge is -2.14. The van der Waals surface area contributed by atoms with Gasteiger partial charge >= 0.3 is 6.18 Å². The molecule has 0 aliphatic rings. The second-order valence-corrected chi connectivity index (χ2v) is 7.35.